The highest BCUT2D eigenvalue weighted by molar-refractivity contribution is 7.99. The normalized spacial score (nSPS) is 10.9. The SMILES string of the molecule is Cc1ccc(-n2c(SCC(=O)NCc3ccco3)nnc2-c2ccccc2F)cc1. The van der Waals surface area contributed by atoms with Crippen LogP contribution < -0.4 is 5.32 Å². The summed E-state index contributed by atoms with van der Waals surface area (Å²) in [6, 6.07) is 17.8. The van der Waals surface area contributed by atoms with Gasteiger partial charge in [-0.1, -0.05) is 41.6 Å². The summed E-state index contributed by atoms with van der Waals surface area (Å²) in [6.45, 7) is 2.31. The summed E-state index contributed by atoms with van der Waals surface area (Å²) >= 11 is 1.24. The maximum absolute atomic E-state index is 14.4. The molecule has 0 aliphatic heterocycles. The molecule has 0 saturated carbocycles. The van der Waals surface area contributed by atoms with E-state index >= 15 is 0 Å². The van der Waals surface area contributed by atoms with Crippen molar-refractivity contribution in [3.05, 3.63) is 84.1 Å². The summed E-state index contributed by atoms with van der Waals surface area (Å²) in [4.78, 5) is 12.2. The van der Waals surface area contributed by atoms with Gasteiger partial charge < -0.3 is 9.73 Å². The van der Waals surface area contributed by atoms with Crippen molar-refractivity contribution in [3.8, 4) is 17.1 Å². The molecule has 4 rings (SSSR count). The molecule has 0 atom stereocenters. The summed E-state index contributed by atoms with van der Waals surface area (Å²) in [5, 5.41) is 11.7. The van der Waals surface area contributed by atoms with Gasteiger partial charge in [0.2, 0.25) is 5.91 Å². The molecular weight excluding hydrogens is 403 g/mol. The van der Waals surface area contributed by atoms with Crippen molar-refractivity contribution in [2.75, 3.05) is 5.75 Å². The number of nitrogens with one attached hydrogen (secondary N) is 1. The second-order valence-electron chi connectivity index (χ2n) is 6.60. The van der Waals surface area contributed by atoms with E-state index in [1.54, 1.807) is 41.2 Å². The number of carbonyl (C=O) groups excluding carboxylic acids is 1. The fraction of sp³-hybridized carbons (Fsp3) is 0.136. The highest BCUT2D eigenvalue weighted by Crippen LogP contribution is 2.29. The van der Waals surface area contributed by atoms with Gasteiger partial charge in [0.1, 0.15) is 11.6 Å². The molecule has 2 heterocycles. The number of amides is 1. The molecule has 152 valence electrons. The number of aryl methyl sites for hydroxylation is 1. The first kappa shape index (κ1) is 19.9. The number of thioether (sulfide) groups is 1. The lowest BCUT2D eigenvalue weighted by atomic mass is 10.2. The molecule has 0 radical (unpaired) electrons. The molecule has 0 fully saturated rings. The number of furan rings is 1. The summed E-state index contributed by atoms with van der Waals surface area (Å²) in [5.41, 5.74) is 2.24. The number of rotatable bonds is 7. The smallest absolute Gasteiger partial charge is 0.230 e. The summed E-state index contributed by atoms with van der Waals surface area (Å²) in [7, 11) is 0. The molecule has 4 aromatic rings. The van der Waals surface area contributed by atoms with Gasteiger partial charge in [-0.2, -0.15) is 0 Å². The van der Waals surface area contributed by atoms with E-state index in [-0.39, 0.29) is 17.5 Å². The van der Waals surface area contributed by atoms with Crippen LogP contribution in [0.15, 0.2) is 76.5 Å². The maximum atomic E-state index is 14.4. The lowest BCUT2D eigenvalue weighted by Crippen LogP contribution is -2.24. The molecule has 2 aromatic carbocycles. The van der Waals surface area contributed by atoms with Crippen LogP contribution in [0.2, 0.25) is 0 Å². The number of hydrogen-bond donors (Lipinski definition) is 1. The first-order chi connectivity index (χ1) is 14.6. The molecule has 0 aliphatic rings. The predicted octanol–water partition coefficient (Wildman–Crippen LogP) is 4.38. The fourth-order valence-electron chi connectivity index (χ4n) is 2.89. The van der Waals surface area contributed by atoms with Crippen molar-refractivity contribution < 1.29 is 13.6 Å². The molecule has 6 nitrogen and oxygen atoms in total. The Bertz CT molecular complexity index is 1140. The zero-order chi connectivity index (χ0) is 20.9. The van der Waals surface area contributed by atoms with Crippen LogP contribution in [0.1, 0.15) is 11.3 Å². The van der Waals surface area contributed by atoms with Crippen molar-refractivity contribution in [3.63, 3.8) is 0 Å². The quantitative estimate of drug-likeness (QED) is 0.448. The minimum Gasteiger partial charge on any atom is -0.467 e. The average Bonchev–Trinajstić information content (AvgIpc) is 3.42. The third-order valence-electron chi connectivity index (χ3n) is 4.41. The van der Waals surface area contributed by atoms with E-state index in [4.69, 9.17) is 4.42 Å². The van der Waals surface area contributed by atoms with Crippen LogP contribution in [0.4, 0.5) is 4.39 Å². The maximum Gasteiger partial charge on any atom is 0.230 e. The molecule has 0 unspecified atom stereocenters. The molecule has 2 aromatic heterocycles. The number of carbonyl (C=O) groups is 1. The highest BCUT2D eigenvalue weighted by atomic mass is 32.2. The van der Waals surface area contributed by atoms with Gasteiger partial charge in [0.05, 0.1) is 24.1 Å². The number of nitrogens with zero attached hydrogens (tertiary/aromatic N) is 3. The number of halogens is 1. The van der Waals surface area contributed by atoms with E-state index < -0.39 is 0 Å². The summed E-state index contributed by atoms with van der Waals surface area (Å²) < 4.78 is 21.4. The zero-order valence-electron chi connectivity index (χ0n) is 16.2. The number of hydrogen-bond acceptors (Lipinski definition) is 5. The molecule has 0 saturated heterocycles. The van der Waals surface area contributed by atoms with Gasteiger partial charge in [-0.15, -0.1) is 10.2 Å². The van der Waals surface area contributed by atoms with E-state index in [1.165, 1.54) is 17.8 Å². The van der Waals surface area contributed by atoms with Gasteiger partial charge in [-0.25, -0.2) is 4.39 Å². The molecule has 1 N–H and O–H groups in total. The van der Waals surface area contributed by atoms with Crippen LogP contribution >= 0.6 is 11.8 Å². The molecule has 0 bridgehead atoms. The topological polar surface area (TPSA) is 73.0 Å². The Morgan fingerprint density at radius 1 is 1.10 bits per heavy atom. The molecule has 8 heteroatoms. The van der Waals surface area contributed by atoms with Crippen molar-refractivity contribution in [2.24, 2.45) is 0 Å². The predicted molar refractivity (Wildman–Crippen MR) is 113 cm³/mol. The second kappa shape index (κ2) is 8.96. The van der Waals surface area contributed by atoms with Crippen LogP contribution in [-0.4, -0.2) is 26.4 Å². The van der Waals surface area contributed by atoms with Crippen LogP contribution in [0.3, 0.4) is 0 Å². The zero-order valence-corrected chi connectivity index (χ0v) is 17.0. The molecule has 0 aliphatic carbocycles. The van der Waals surface area contributed by atoms with E-state index in [9.17, 15) is 9.18 Å². The second-order valence-corrected chi connectivity index (χ2v) is 7.54. The third-order valence-corrected chi connectivity index (χ3v) is 5.34. The minimum absolute atomic E-state index is 0.141. The Kier molecular flexibility index (Phi) is 5.94. The minimum atomic E-state index is -0.383. The number of aromatic nitrogens is 3. The van der Waals surface area contributed by atoms with Gasteiger partial charge in [0, 0.05) is 5.69 Å². The lowest BCUT2D eigenvalue weighted by Gasteiger charge is -2.11. The van der Waals surface area contributed by atoms with Crippen LogP contribution in [0, 0.1) is 12.7 Å². The van der Waals surface area contributed by atoms with Crippen LogP contribution in [-0.2, 0) is 11.3 Å². The Morgan fingerprint density at radius 2 is 1.90 bits per heavy atom. The first-order valence-corrected chi connectivity index (χ1v) is 10.3. The van der Waals surface area contributed by atoms with E-state index in [1.807, 2.05) is 31.2 Å². The van der Waals surface area contributed by atoms with E-state index in [0.717, 1.165) is 11.3 Å². The van der Waals surface area contributed by atoms with Crippen molar-refractivity contribution >= 4 is 17.7 Å². The van der Waals surface area contributed by atoms with Crippen molar-refractivity contribution in [2.45, 2.75) is 18.6 Å². The Labute approximate surface area is 177 Å². The monoisotopic (exact) mass is 422 g/mol. The van der Waals surface area contributed by atoms with Gasteiger partial charge in [-0.05, 0) is 43.3 Å². The Morgan fingerprint density at radius 3 is 2.63 bits per heavy atom. The standard InChI is InChI=1S/C22H19FN4O2S/c1-15-8-10-16(11-9-15)27-21(18-6-2-3-7-19(18)23)25-26-22(27)30-14-20(28)24-13-17-5-4-12-29-17/h2-12H,13-14H2,1H3,(H,24,28). The van der Waals surface area contributed by atoms with Crippen LogP contribution in [0.25, 0.3) is 17.1 Å². The van der Waals surface area contributed by atoms with Crippen molar-refractivity contribution in [1.82, 2.24) is 20.1 Å². The molecular formula is C22H19FN4O2S. The van der Waals surface area contributed by atoms with Gasteiger partial charge in [0.15, 0.2) is 11.0 Å². The number of benzene rings is 2. The van der Waals surface area contributed by atoms with Gasteiger partial charge >= 0.3 is 0 Å². The first-order valence-electron chi connectivity index (χ1n) is 9.31. The van der Waals surface area contributed by atoms with Gasteiger partial charge in [-0.3, -0.25) is 9.36 Å². The summed E-state index contributed by atoms with van der Waals surface area (Å²) in [6.07, 6.45) is 1.56. The third kappa shape index (κ3) is 4.44. The lowest BCUT2D eigenvalue weighted by molar-refractivity contribution is -0.118. The van der Waals surface area contributed by atoms with Crippen LogP contribution in [0.5, 0.6) is 0 Å². The average molecular weight is 422 g/mol. The Balaban J connectivity index is 1.59. The fourth-order valence-corrected chi connectivity index (χ4v) is 3.67. The Hall–Kier alpha value is -3.39. The van der Waals surface area contributed by atoms with E-state index in [0.29, 0.717) is 28.8 Å². The highest BCUT2D eigenvalue weighted by Gasteiger charge is 2.19. The van der Waals surface area contributed by atoms with E-state index in [2.05, 4.69) is 15.5 Å². The summed E-state index contributed by atoms with van der Waals surface area (Å²) in [5.74, 6) is 0.656. The largest absolute Gasteiger partial charge is 0.467 e. The van der Waals surface area contributed by atoms with Crippen molar-refractivity contribution in [1.29, 1.82) is 0 Å². The van der Waals surface area contributed by atoms with Gasteiger partial charge in [0.25, 0.3) is 0 Å². The molecule has 0 spiro atoms. The molecule has 1 amide bonds. The molecule has 30 heavy (non-hydrogen) atoms.